The number of nitrogens with zero attached hydrogens (tertiary/aromatic N) is 1. The van der Waals surface area contributed by atoms with E-state index in [0.717, 1.165) is 24.6 Å². The van der Waals surface area contributed by atoms with Gasteiger partial charge in [-0.1, -0.05) is 39.0 Å². The van der Waals surface area contributed by atoms with Gasteiger partial charge in [-0.25, -0.2) is 0 Å². The number of anilines is 1. The van der Waals surface area contributed by atoms with Crippen molar-refractivity contribution in [2.24, 2.45) is 5.92 Å². The lowest BCUT2D eigenvalue weighted by atomic mass is 9.83. The van der Waals surface area contributed by atoms with Crippen LogP contribution in [0.5, 0.6) is 0 Å². The Bertz CT molecular complexity index is 397. The number of aromatic nitrogens is 1. The largest absolute Gasteiger partial charge is 0.398 e. The summed E-state index contributed by atoms with van der Waals surface area (Å²) < 4.78 is 0. The molecule has 3 nitrogen and oxygen atoms in total. The Balaban J connectivity index is 2.03. The molecule has 1 atom stereocenters. The fourth-order valence-corrected chi connectivity index (χ4v) is 3.47. The summed E-state index contributed by atoms with van der Waals surface area (Å²) in [4.78, 5) is 4.25. The highest BCUT2D eigenvalue weighted by Gasteiger charge is 2.22. The maximum atomic E-state index is 6.12. The molecule has 0 radical (unpaired) electrons. The molecule has 118 valence electrons. The molecule has 1 saturated carbocycles. The first-order valence-corrected chi connectivity index (χ1v) is 8.73. The normalized spacial score (nSPS) is 18.9. The van der Waals surface area contributed by atoms with Gasteiger partial charge in [-0.3, -0.25) is 4.98 Å². The van der Waals surface area contributed by atoms with Gasteiger partial charge in [0.15, 0.2) is 0 Å². The molecule has 0 bridgehead atoms. The lowest BCUT2D eigenvalue weighted by molar-refractivity contribution is 0.283. The molecule has 3 heteroatoms. The highest BCUT2D eigenvalue weighted by Crippen LogP contribution is 2.27. The first-order chi connectivity index (χ1) is 10.3. The summed E-state index contributed by atoms with van der Waals surface area (Å²) in [7, 11) is 0. The SMILES string of the molecule is CCCNC(Cc1cnccc1N)C1CCCCCCC1. The second kappa shape index (κ2) is 9.04. The fraction of sp³-hybridized carbons (Fsp3) is 0.722. The average molecular weight is 289 g/mol. The number of hydrogen-bond acceptors (Lipinski definition) is 3. The van der Waals surface area contributed by atoms with Crippen molar-refractivity contribution in [1.82, 2.24) is 10.3 Å². The van der Waals surface area contributed by atoms with Crippen molar-refractivity contribution in [1.29, 1.82) is 0 Å². The summed E-state index contributed by atoms with van der Waals surface area (Å²) >= 11 is 0. The van der Waals surface area contributed by atoms with E-state index in [0.29, 0.717) is 6.04 Å². The van der Waals surface area contributed by atoms with Crippen LogP contribution in [0.3, 0.4) is 0 Å². The van der Waals surface area contributed by atoms with Crippen LogP contribution in [-0.4, -0.2) is 17.6 Å². The Hall–Kier alpha value is -1.09. The number of nitrogen functional groups attached to an aromatic ring is 1. The molecule has 1 heterocycles. The monoisotopic (exact) mass is 289 g/mol. The molecule has 21 heavy (non-hydrogen) atoms. The van der Waals surface area contributed by atoms with Crippen LogP contribution >= 0.6 is 0 Å². The third-order valence-corrected chi connectivity index (χ3v) is 4.76. The Kier molecular flexibility index (Phi) is 7.01. The molecule has 0 saturated heterocycles. The second-order valence-electron chi connectivity index (χ2n) is 6.44. The third kappa shape index (κ3) is 5.31. The van der Waals surface area contributed by atoms with Crippen LogP contribution in [0, 0.1) is 5.92 Å². The zero-order valence-corrected chi connectivity index (χ0v) is 13.5. The van der Waals surface area contributed by atoms with Gasteiger partial charge in [0.2, 0.25) is 0 Å². The molecule has 1 aromatic rings. The Morgan fingerprint density at radius 1 is 1.24 bits per heavy atom. The first-order valence-electron chi connectivity index (χ1n) is 8.73. The minimum Gasteiger partial charge on any atom is -0.398 e. The van der Waals surface area contributed by atoms with Crippen LogP contribution in [0.25, 0.3) is 0 Å². The van der Waals surface area contributed by atoms with Crippen molar-refractivity contribution in [3.63, 3.8) is 0 Å². The summed E-state index contributed by atoms with van der Waals surface area (Å²) in [6, 6.07) is 2.47. The molecule has 1 aliphatic rings. The Morgan fingerprint density at radius 3 is 2.62 bits per heavy atom. The zero-order valence-electron chi connectivity index (χ0n) is 13.5. The van der Waals surface area contributed by atoms with Crippen LogP contribution in [0.4, 0.5) is 5.69 Å². The molecule has 1 unspecified atom stereocenters. The molecule has 0 spiro atoms. The molecule has 0 aliphatic heterocycles. The van der Waals surface area contributed by atoms with E-state index in [9.17, 15) is 0 Å². The first kappa shape index (κ1) is 16.3. The minimum absolute atomic E-state index is 0.551. The lowest BCUT2D eigenvalue weighted by Gasteiger charge is -2.30. The fourth-order valence-electron chi connectivity index (χ4n) is 3.47. The third-order valence-electron chi connectivity index (χ3n) is 4.76. The summed E-state index contributed by atoms with van der Waals surface area (Å²) in [5.41, 5.74) is 8.21. The van der Waals surface area contributed by atoms with Gasteiger partial charge in [0, 0.05) is 24.1 Å². The topological polar surface area (TPSA) is 50.9 Å². The maximum absolute atomic E-state index is 6.12. The average Bonchev–Trinajstić information content (AvgIpc) is 2.45. The maximum Gasteiger partial charge on any atom is 0.0378 e. The van der Waals surface area contributed by atoms with Gasteiger partial charge in [0.1, 0.15) is 0 Å². The van der Waals surface area contributed by atoms with Crippen LogP contribution in [0.2, 0.25) is 0 Å². The molecule has 0 amide bonds. The summed E-state index contributed by atoms with van der Waals surface area (Å²) in [6.07, 6.45) is 15.7. The van der Waals surface area contributed by atoms with E-state index in [4.69, 9.17) is 5.73 Å². The van der Waals surface area contributed by atoms with Gasteiger partial charge in [-0.15, -0.1) is 0 Å². The van der Waals surface area contributed by atoms with Crippen LogP contribution in [0.1, 0.15) is 63.9 Å². The van der Waals surface area contributed by atoms with E-state index < -0.39 is 0 Å². The van der Waals surface area contributed by atoms with Crippen molar-refractivity contribution in [3.8, 4) is 0 Å². The van der Waals surface area contributed by atoms with E-state index >= 15 is 0 Å². The van der Waals surface area contributed by atoms with Crippen LogP contribution in [0.15, 0.2) is 18.5 Å². The van der Waals surface area contributed by atoms with E-state index in [2.05, 4.69) is 17.2 Å². The highest BCUT2D eigenvalue weighted by atomic mass is 14.9. The molecule has 1 aliphatic carbocycles. The molecule has 1 aromatic heterocycles. The number of pyridine rings is 1. The summed E-state index contributed by atoms with van der Waals surface area (Å²) in [6.45, 7) is 3.34. The Labute approximate surface area is 129 Å². The van der Waals surface area contributed by atoms with E-state index in [-0.39, 0.29) is 0 Å². The van der Waals surface area contributed by atoms with Gasteiger partial charge in [-0.2, -0.15) is 0 Å². The summed E-state index contributed by atoms with van der Waals surface area (Å²) in [5, 5.41) is 3.78. The second-order valence-corrected chi connectivity index (χ2v) is 6.44. The van der Waals surface area contributed by atoms with Crippen LogP contribution in [-0.2, 0) is 6.42 Å². The van der Waals surface area contributed by atoms with Gasteiger partial charge >= 0.3 is 0 Å². The van der Waals surface area contributed by atoms with Crippen LogP contribution < -0.4 is 11.1 Å². The minimum atomic E-state index is 0.551. The van der Waals surface area contributed by atoms with E-state index in [1.807, 2.05) is 12.3 Å². The number of hydrogen-bond donors (Lipinski definition) is 2. The van der Waals surface area contributed by atoms with Gasteiger partial charge in [0.25, 0.3) is 0 Å². The quantitative estimate of drug-likeness (QED) is 0.834. The highest BCUT2D eigenvalue weighted by molar-refractivity contribution is 5.44. The lowest BCUT2D eigenvalue weighted by Crippen LogP contribution is -2.39. The number of rotatable bonds is 6. The Morgan fingerprint density at radius 2 is 1.95 bits per heavy atom. The van der Waals surface area contributed by atoms with Gasteiger partial charge in [-0.05, 0) is 49.8 Å². The predicted molar refractivity (Wildman–Crippen MR) is 90.2 cm³/mol. The van der Waals surface area contributed by atoms with Crippen molar-refractivity contribution in [3.05, 3.63) is 24.0 Å². The zero-order chi connectivity index (χ0) is 14.9. The van der Waals surface area contributed by atoms with Crippen molar-refractivity contribution >= 4 is 5.69 Å². The summed E-state index contributed by atoms with van der Waals surface area (Å²) in [5.74, 6) is 0.788. The predicted octanol–water partition coefficient (Wildman–Crippen LogP) is 3.94. The molecule has 0 aromatic carbocycles. The molecule has 3 N–H and O–H groups in total. The molecule has 2 rings (SSSR count). The molecular formula is C18H31N3. The number of nitrogens with two attached hydrogens (primary N) is 1. The van der Waals surface area contributed by atoms with Crippen molar-refractivity contribution < 1.29 is 0 Å². The molecule has 1 fully saturated rings. The molecular weight excluding hydrogens is 258 g/mol. The van der Waals surface area contributed by atoms with Crippen molar-refractivity contribution in [2.75, 3.05) is 12.3 Å². The van der Waals surface area contributed by atoms with Gasteiger partial charge < -0.3 is 11.1 Å². The van der Waals surface area contributed by atoms with E-state index in [1.54, 1.807) is 6.20 Å². The van der Waals surface area contributed by atoms with E-state index in [1.165, 1.54) is 56.9 Å². The van der Waals surface area contributed by atoms with Crippen molar-refractivity contribution in [2.45, 2.75) is 70.8 Å². The van der Waals surface area contributed by atoms with Gasteiger partial charge in [0.05, 0.1) is 0 Å². The number of nitrogens with one attached hydrogen (secondary N) is 1. The standard InChI is InChI=1S/C18H31N3/c1-2-11-21-18(13-16-14-20-12-10-17(16)19)15-8-6-4-3-5-7-9-15/h10,12,14-15,18,21H,2-9,11,13H2,1H3,(H2,19,20). The smallest absolute Gasteiger partial charge is 0.0378 e.